The van der Waals surface area contributed by atoms with E-state index in [1.807, 2.05) is 51.1 Å². The fraction of sp³-hybridized carbons (Fsp3) is 0.533. The standard InChI is InChI=1S/C15H20O3/c1-15(2,3)13-12(10-7-5-4-6-8-10)11(9-16)18-14(13)17/h4-8,11-13,16H,9H2,1-3H3. The summed E-state index contributed by atoms with van der Waals surface area (Å²) in [6.07, 6.45) is -0.427. The van der Waals surface area contributed by atoms with Crippen molar-refractivity contribution < 1.29 is 14.6 Å². The fourth-order valence-corrected chi connectivity index (χ4v) is 2.78. The lowest BCUT2D eigenvalue weighted by Gasteiger charge is -2.30. The highest BCUT2D eigenvalue weighted by Gasteiger charge is 2.50. The van der Waals surface area contributed by atoms with Gasteiger partial charge in [0, 0.05) is 5.92 Å². The smallest absolute Gasteiger partial charge is 0.310 e. The Bertz CT molecular complexity index is 419. The number of rotatable bonds is 2. The number of carbonyl (C=O) groups excluding carboxylic acids is 1. The maximum Gasteiger partial charge on any atom is 0.310 e. The van der Waals surface area contributed by atoms with E-state index < -0.39 is 6.10 Å². The Morgan fingerprint density at radius 1 is 1.22 bits per heavy atom. The van der Waals surface area contributed by atoms with Crippen molar-refractivity contribution in [1.82, 2.24) is 0 Å². The van der Waals surface area contributed by atoms with Gasteiger partial charge >= 0.3 is 5.97 Å². The zero-order valence-electron chi connectivity index (χ0n) is 11.1. The molecule has 1 N–H and O–H groups in total. The number of carbonyl (C=O) groups is 1. The van der Waals surface area contributed by atoms with Crippen LogP contribution in [0.2, 0.25) is 0 Å². The van der Waals surface area contributed by atoms with E-state index >= 15 is 0 Å². The van der Waals surface area contributed by atoms with Crippen molar-refractivity contribution in [1.29, 1.82) is 0 Å². The van der Waals surface area contributed by atoms with E-state index in [1.54, 1.807) is 0 Å². The summed E-state index contributed by atoms with van der Waals surface area (Å²) in [5, 5.41) is 9.42. The molecule has 0 radical (unpaired) electrons. The van der Waals surface area contributed by atoms with Gasteiger partial charge in [-0.25, -0.2) is 0 Å². The number of hydrogen-bond acceptors (Lipinski definition) is 3. The van der Waals surface area contributed by atoms with Gasteiger partial charge in [0.1, 0.15) is 6.10 Å². The molecule has 0 aromatic heterocycles. The number of cyclic esters (lactones) is 1. The lowest BCUT2D eigenvalue weighted by atomic mass is 9.70. The Labute approximate surface area is 108 Å². The normalized spacial score (nSPS) is 28.2. The van der Waals surface area contributed by atoms with Crippen molar-refractivity contribution in [2.45, 2.75) is 32.8 Å². The van der Waals surface area contributed by atoms with Gasteiger partial charge in [-0.2, -0.15) is 0 Å². The van der Waals surface area contributed by atoms with Gasteiger partial charge in [0.25, 0.3) is 0 Å². The molecule has 3 atom stereocenters. The molecule has 1 aromatic carbocycles. The SMILES string of the molecule is CC(C)(C)C1C(=O)OC(CO)C1c1ccccc1. The van der Waals surface area contributed by atoms with E-state index in [1.165, 1.54) is 0 Å². The van der Waals surface area contributed by atoms with Crippen LogP contribution in [0.5, 0.6) is 0 Å². The first-order chi connectivity index (χ1) is 8.45. The topological polar surface area (TPSA) is 46.5 Å². The molecule has 3 nitrogen and oxygen atoms in total. The van der Waals surface area contributed by atoms with Crippen LogP contribution in [0.4, 0.5) is 0 Å². The number of benzene rings is 1. The van der Waals surface area contributed by atoms with Crippen molar-refractivity contribution in [3.8, 4) is 0 Å². The summed E-state index contributed by atoms with van der Waals surface area (Å²) in [6.45, 7) is 5.98. The van der Waals surface area contributed by atoms with E-state index in [2.05, 4.69) is 0 Å². The Morgan fingerprint density at radius 2 is 1.83 bits per heavy atom. The molecule has 0 spiro atoms. The van der Waals surface area contributed by atoms with Crippen molar-refractivity contribution in [3.05, 3.63) is 35.9 Å². The Hall–Kier alpha value is -1.35. The van der Waals surface area contributed by atoms with E-state index in [0.717, 1.165) is 5.56 Å². The molecule has 0 bridgehead atoms. The lowest BCUT2D eigenvalue weighted by Crippen LogP contribution is -2.31. The maximum atomic E-state index is 12.0. The van der Waals surface area contributed by atoms with E-state index in [9.17, 15) is 9.90 Å². The number of esters is 1. The summed E-state index contributed by atoms with van der Waals surface area (Å²) in [5.74, 6) is -0.476. The summed E-state index contributed by atoms with van der Waals surface area (Å²) >= 11 is 0. The van der Waals surface area contributed by atoms with Crippen molar-refractivity contribution in [3.63, 3.8) is 0 Å². The Balaban J connectivity index is 2.42. The van der Waals surface area contributed by atoms with Gasteiger partial charge in [0.05, 0.1) is 12.5 Å². The van der Waals surface area contributed by atoms with Crippen LogP contribution in [0.25, 0.3) is 0 Å². The molecular formula is C15H20O3. The van der Waals surface area contributed by atoms with Crippen molar-refractivity contribution in [2.75, 3.05) is 6.61 Å². The second-order valence-corrected chi connectivity index (χ2v) is 5.94. The molecular weight excluding hydrogens is 228 g/mol. The average molecular weight is 248 g/mol. The summed E-state index contributed by atoms with van der Waals surface area (Å²) in [5.41, 5.74) is 0.879. The van der Waals surface area contributed by atoms with Crippen LogP contribution in [0, 0.1) is 11.3 Å². The number of aliphatic hydroxyl groups is 1. The predicted octanol–water partition coefficient (Wildman–Crippen LogP) is 2.35. The summed E-state index contributed by atoms with van der Waals surface area (Å²) in [6, 6.07) is 9.84. The van der Waals surface area contributed by atoms with E-state index in [0.29, 0.717) is 0 Å². The van der Waals surface area contributed by atoms with Crippen LogP contribution < -0.4 is 0 Å². The third-order valence-corrected chi connectivity index (χ3v) is 3.58. The first-order valence-electron chi connectivity index (χ1n) is 6.31. The molecule has 3 unspecified atom stereocenters. The minimum Gasteiger partial charge on any atom is -0.459 e. The largest absolute Gasteiger partial charge is 0.459 e. The minimum absolute atomic E-state index is 0.0660. The number of ether oxygens (including phenoxy) is 1. The molecule has 18 heavy (non-hydrogen) atoms. The van der Waals surface area contributed by atoms with Crippen LogP contribution in [-0.2, 0) is 9.53 Å². The first kappa shape index (κ1) is 13.1. The van der Waals surface area contributed by atoms with Crippen LogP contribution >= 0.6 is 0 Å². The van der Waals surface area contributed by atoms with Gasteiger partial charge in [0.15, 0.2) is 0 Å². The first-order valence-corrected chi connectivity index (χ1v) is 6.31. The van der Waals surface area contributed by atoms with Gasteiger partial charge in [0.2, 0.25) is 0 Å². The zero-order valence-corrected chi connectivity index (χ0v) is 11.1. The Kier molecular flexibility index (Phi) is 3.44. The lowest BCUT2D eigenvalue weighted by molar-refractivity contribution is -0.147. The molecule has 1 aromatic rings. The number of aliphatic hydroxyl groups excluding tert-OH is 1. The molecule has 0 aliphatic carbocycles. The highest BCUT2D eigenvalue weighted by atomic mass is 16.6. The van der Waals surface area contributed by atoms with Crippen LogP contribution in [0.3, 0.4) is 0 Å². The molecule has 3 heteroatoms. The van der Waals surface area contributed by atoms with Gasteiger partial charge in [-0.15, -0.1) is 0 Å². The molecule has 1 heterocycles. The summed E-state index contributed by atoms with van der Waals surface area (Å²) in [4.78, 5) is 12.0. The molecule has 0 saturated carbocycles. The monoisotopic (exact) mass is 248 g/mol. The van der Waals surface area contributed by atoms with Crippen molar-refractivity contribution >= 4 is 5.97 Å². The molecule has 0 amide bonds. The quantitative estimate of drug-likeness (QED) is 0.817. The molecule has 1 aliphatic rings. The average Bonchev–Trinajstić information content (AvgIpc) is 2.67. The van der Waals surface area contributed by atoms with Crippen LogP contribution in [-0.4, -0.2) is 23.8 Å². The van der Waals surface area contributed by atoms with Gasteiger partial charge in [-0.1, -0.05) is 51.1 Å². The molecule has 2 rings (SSSR count). The highest BCUT2D eigenvalue weighted by Crippen LogP contribution is 2.46. The fourth-order valence-electron chi connectivity index (χ4n) is 2.78. The third kappa shape index (κ3) is 2.27. The summed E-state index contributed by atoms with van der Waals surface area (Å²) < 4.78 is 5.33. The zero-order chi connectivity index (χ0) is 13.3. The van der Waals surface area contributed by atoms with Crippen LogP contribution in [0.15, 0.2) is 30.3 Å². The van der Waals surface area contributed by atoms with Gasteiger partial charge in [-0.05, 0) is 11.0 Å². The molecule has 1 aliphatic heterocycles. The molecule has 98 valence electrons. The minimum atomic E-state index is -0.427. The van der Waals surface area contributed by atoms with E-state index in [-0.39, 0.29) is 29.8 Å². The highest BCUT2D eigenvalue weighted by molar-refractivity contribution is 5.77. The third-order valence-electron chi connectivity index (χ3n) is 3.58. The predicted molar refractivity (Wildman–Crippen MR) is 69.1 cm³/mol. The second kappa shape index (κ2) is 4.73. The van der Waals surface area contributed by atoms with Crippen LogP contribution in [0.1, 0.15) is 32.3 Å². The van der Waals surface area contributed by atoms with Gasteiger partial charge < -0.3 is 9.84 Å². The molecule has 1 saturated heterocycles. The van der Waals surface area contributed by atoms with Gasteiger partial charge in [-0.3, -0.25) is 4.79 Å². The van der Waals surface area contributed by atoms with Crippen molar-refractivity contribution in [2.24, 2.45) is 11.3 Å². The molecule has 1 fully saturated rings. The maximum absolute atomic E-state index is 12.0. The second-order valence-electron chi connectivity index (χ2n) is 5.94. The van der Waals surface area contributed by atoms with E-state index in [4.69, 9.17) is 4.74 Å². The Morgan fingerprint density at radius 3 is 2.33 bits per heavy atom. The number of hydrogen-bond donors (Lipinski definition) is 1. The summed E-state index contributed by atoms with van der Waals surface area (Å²) in [7, 11) is 0.